The predicted octanol–water partition coefficient (Wildman–Crippen LogP) is 2.38. The highest BCUT2D eigenvalue weighted by molar-refractivity contribution is 5.62. The van der Waals surface area contributed by atoms with Gasteiger partial charge in [0, 0.05) is 5.56 Å². The molecule has 0 saturated heterocycles. The van der Waals surface area contributed by atoms with E-state index in [0.717, 1.165) is 5.56 Å². The van der Waals surface area contributed by atoms with Crippen molar-refractivity contribution < 1.29 is 9.50 Å². The third kappa shape index (κ3) is 2.02. The van der Waals surface area contributed by atoms with Gasteiger partial charge in [0.05, 0.1) is 12.3 Å². The Labute approximate surface area is 87.0 Å². The van der Waals surface area contributed by atoms with Gasteiger partial charge in [0.25, 0.3) is 0 Å². The van der Waals surface area contributed by atoms with Crippen molar-refractivity contribution in [3.63, 3.8) is 0 Å². The first kappa shape index (κ1) is 9.80. The SMILES string of the molecule is OCc1ccc(-c2ccccc2)c(F)n1. The van der Waals surface area contributed by atoms with Crippen LogP contribution in [0.3, 0.4) is 0 Å². The molecule has 0 bridgehead atoms. The van der Waals surface area contributed by atoms with Gasteiger partial charge in [-0.15, -0.1) is 0 Å². The Hall–Kier alpha value is -1.74. The summed E-state index contributed by atoms with van der Waals surface area (Å²) in [6.45, 7) is -0.244. The minimum atomic E-state index is -0.548. The fourth-order valence-corrected chi connectivity index (χ4v) is 1.39. The Kier molecular flexibility index (Phi) is 2.74. The summed E-state index contributed by atoms with van der Waals surface area (Å²) in [5.74, 6) is -0.548. The van der Waals surface area contributed by atoms with E-state index >= 15 is 0 Å². The van der Waals surface area contributed by atoms with Gasteiger partial charge >= 0.3 is 0 Å². The molecule has 0 atom stereocenters. The maximum absolute atomic E-state index is 13.5. The molecule has 76 valence electrons. The minimum Gasteiger partial charge on any atom is -0.390 e. The number of hydrogen-bond acceptors (Lipinski definition) is 2. The van der Waals surface area contributed by atoms with E-state index in [0.29, 0.717) is 11.3 Å². The Bertz CT molecular complexity index is 456. The number of halogens is 1. The van der Waals surface area contributed by atoms with Crippen molar-refractivity contribution in [1.82, 2.24) is 4.98 Å². The number of aromatic nitrogens is 1. The number of rotatable bonds is 2. The molecule has 15 heavy (non-hydrogen) atoms. The standard InChI is InChI=1S/C12H10FNO/c13-12-11(7-6-10(8-15)14-12)9-4-2-1-3-5-9/h1-7,15H,8H2. The van der Waals surface area contributed by atoms with E-state index in [1.807, 2.05) is 30.3 Å². The quantitative estimate of drug-likeness (QED) is 0.760. The van der Waals surface area contributed by atoms with Gasteiger partial charge in [-0.2, -0.15) is 4.39 Å². The lowest BCUT2D eigenvalue weighted by molar-refractivity contribution is 0.275. The average Bonchev–Trinajstić information content (AvgIpc) is 2.30. The number of pyridine rings is 1. The molecule has 0 aliphatic carbocycles. The average molecular weight is 203 g/mol. The smallest absolute Gasteiger partial charge is 0.221 e. The van der Waals surface area contributed by atoms with Crippen LogP contribution in [0.5, 0.6) is 0 Å². The van der Waals surface area contributed by atoms with Gasteiger partial charge in [0.2, 0.25) is 5.95 Å². The lowest BCUT2D eigenvalue weighted by Crippen LogP contribution is -1.94. The Morgan fingerprint density at radius 2 is 1.80 bits per heavy atom. The molecule has 2 rings (SSSR count). The summed E-state index contributed by atoms with van der Waals surface area (Å²) >= 11 is 0. The van der Waals surface area contributed by atoms with Gasteiger partial charge in [0.1, 0.15) is 0 Å². The first-order valence-corrected chi connectivity index (χ1v) is 4.63. The first-order valence-electron chi connectivity index (χ1n) is 4.63. The van der Waals surface area contributed by atoms with Crippen LogP contribution in [0, 0.1) is 5.95 Å². The lowest BCUT2D eigenvalue weighted by atomic mass is 10.1. The molecule has 2 nitrogen and oxygen atoms in total. The summed E-state index contributed by atoms with van der Waals surface area (Å²) in [5.41, 5.74) is 1.58. The molecular formula is C12H10FNO. The second-order valence-electron chi connectivity index (χ2n) is 3.17. The van der Waals surface area contributed by atoms with E-state index in [4.69, 9.17) is 5.11 Å². The molecule has 1 heterocycles. The third-order valence-corrected chi connectivity index (χ3v) is 2.15. The van der Waals surface area contributed by atoms with Crippen molar-refractivity contribution >= 4 is 0 Å². The minimum absolute atomic E-state index is 0.244. The predicted molar refractivity (Wildman–Crippen MR) is 55.6 cm³/mol. The van der Waals surface area contributed by atoms with Crippen molar-refractivity contribution in [2.24, 2.45) is 0 Å². The van der Waals surface area contributed by atoms with Crippen LogP contribution in [0.15, 0.2) is 42.5 Å². The molecule has 0 aliphatic heterocycles. The lowest BCUT2D eigenvalue weighted by Gasteiger charge is -2.03. The van der Waals surface area contributed by atoms with Gasteiger partial charge in [-0.25, -0.2) is 4.98 Å². The first-order chi connectivity index (χ1) is 7.31. The summed E-state index contributed by atoms with van der Waals surface area (Å²) in [6, 6.07) is 12.4. The Balaban J connectivity index is 2.46. The molecule has 0 spiro atoms. The van der Waals surface area contributed by atoms with Gasteiger partial charge in [-0.05, 0) is 17.7 Å². The molecule has 1 N–H and O–H groups in total. The molecular weight excluding hydrogens is 193 g/mol. The van der Waals surface area contributed by atoms with Gasteiger partial charge in [-0.1, -0.05) is 30.3 Å². The van der Waals surface area contributed by atoms with Crippen LogP contribution in [0.2, 0.25) is 0 Å². The van der Waals surface area contributed by atoms with Crippen molar-refractivity contribution in [2.45, 2.75) is 6.61 Å². The fraction of sp³-hybridized carbons (Fsp3) is 0.0833. The highest BCUT2D eigenvalue weighted by Gasteiger charge is 2.06. The van der Waals surface area contributed by atoms with Crippen molar-refractivity contribution in [2.75, 3.05) is 0 Å². The van der Waals surface area contributed by atoms with E-state index in [-0.39, 0.29) is 6.61 Å². The monoisotopic (exact) mass is 203 g/mol. The van der Waals surface area contributed by atoms with Crippen LogP contribution >= 0.6 is 0 Å². The molecule has 0 saturated carbocycles. The van der Waals surface area contributed by atoms with E-state index in [9.17, 15) is 4.39 Å². The zero-order valence-electron chi connectivity index (χ0n) is 8.02. The number of aliphatic hydroxyl groups excluding tert-OH is 1. The number of hydrogen-bond donors (Lipinski definition) is 1. The van der Waals surface area contributed by atoms with Crippen molar-refractivity contribution in [1.29, 1.82) is 0 Å². The Morgan fingerprint density at radius 1 is 1.07 bits per heavy atom. The van der Waals surface area contributed by atoms with E-state index in [1.54, 1.807) is 12.1 Å². The number of nitrogens with zero attached hydrogens (tertiary/aromatic N) is 1. The second kappa shape index (κ2) is 4.19. The number of benzene rings is 1. The molecule has 0 aliphatic rings. The van der Waals surface area contributed by atoms with E-state index in [2.05, 4.69) is 4.98 Å². The largest absolute Gasteiger partial charge is 0.390 e. The number of aliphatic hydroxyl groups is 1. The zero-order valence-corrected chi connectivity index (χ0v) is 8.02. The molecule has 0 amide bonds. The maximum Gasteiger partial charge on any atom is 0.221 e. The van der Waals surface area contributed by atoms with Crippen LogP contribution in [0.4, 0.5) is 4.39 Å². The maximum atomic E-state index is 13.5. The van der Waals surface area contributed by atoms with E-state index in [1.165, 1.54) is 0 Å². The highest BCUT2D eigenvalue weighted by Crippen LogP contribution is 2.21. The van der Waals surface area contributed by atoms with Gasteiger partial charge in [0.15, 0.2) is 0 Å². The molecule has 1 aromatic heterocycles. The highest BCUT2D eigenvalue weighted by atomic mass is 19.1. The molecule has 0 unspecified atom stereocenters. The second-order valence-corrected chi connectivity index (χ2v) is 3.17. The molecule has 3 heteroatoms. The fourth-order valence-electron chi connectivity index (χ4n) is 1.39. The topological polar surface area (TPSA) is 33.1 Å². The molecule has 0 fully saturated rings. The summed E-state index contributed by atoms with van der Waals surface area (Å²) in [6.07, 6.45) is 0. The summed E-state index contributed by atoms with van der Waals surface area (Å²) in [5, 5.41) is 8.79. The van der Waals surface area contributed by atoms with Crippen molar-refractivity contribution in [3.8, 4) is 11.1 Å². The van der Waals surface area contributed by atoms with Crippen molar-refractivity contribution in [3.05, 3.63) is 54.1 Å². The Morgan fingerprint density at radius 3 is 2.40 bits per heavy atom. The van der Waals surface area contributed by atoms with E-state index < -0.39 is 5.95 Å². The molecule has 0 radical (unpaired) electrons. The summed E-state index contributed by atoms with van der Waals surface area (Å²) < 4.78 is 13.5. The van der Waals surface area contributed by atoms with Crippen LogP contribution in [-0.2, 0) is 6.61 Å². The summed E-state index contributed by atoms with van der Waals surface area (Å²) in [4.78, 5) is 3.65. The zero-order chi connectivity index (χ0) is 10.7. The normalized spacial score (nSPS) is 10.3. The van der Waals surface area contributed by atoms with Crippen LogP contribution < -0.4 is 0 Å². The molecule has 2 aromatic rings. The third-order valence-electron chi connectivity index (χ3n) is 2.15. The van der Waals surface area contributed by atoms with Crippen LogP contribution in [-0.4, -0.2) is 10.1 Å². The van der Waals surface area contributed by atoms with Gasteiger partial charge < -0.3 is 5.11 Å². The van der Waals surface area contributed by atoms with Gasteiger partial charge in [-0.3, -0.25) is 0 Å². The van der Waals surface area contributed by atoms with Crippen LogP contribution in [0.1, 0.15) is 5.69 Å². The summed E-state index contributed by atoms with van der Waals surface area (Å²) in [7, 11) is 0. The van der Waals surface area contributed by atoms with Crippen LogP contribution in [0.25, 0.3) is 11.1 Å². The molecule has 1 aromatic carbocycles.